The zero-order valence-corrected chi connectivity index (χ0v) is 35.8. The van der Waals surface area contributed by atoms with Gasteiger partial charge in [0.2, 0.25) is 5.96 Å². The van der Waals surface area contributed by atoms with Gasteiger partial charge in [0.25, 0.3) is 0 Å². The van der Waals surface area contributed by atoms with Crippen molar-refractivity contribution in [3.63, 3.8) is 0 Å². The van der Waals surface area contributed by atoms with Crippen molar-refractivity contribution in [1.29, 1.82) is 0 Å². The second-order valence-electron chi connectivity index (χ2n) is 16.9. The largest absolute Gasteiger partial charge is 0.462 e. The first-order chi connectivity index (χ1) is 26.2. The SMILES string of the molecule is CCCCCCCCC[C@@H]1C[C@@H]2CC[C@@H]([C@@H](CO[Si](C)(C)C(C)(C)C)[C@H](C)OC(C)=O)N2/C(=N/C(=O)OCc2ccccc2)N1C(=O)OCc1ccccc1. The molecule has 11 heteroatoms. The smallest absolute Gasteiger partial charge is 0.437 e. The Bertz CT molecular complexity index is 1530. The molecule has 0 bridgehead atoms. The van der Waals surface area contributed by atoms with Crippen molar-refractivity contribution in [3.8, 4) is 0 Å². The van der Waals surface area contributed by atoms with E-state index in [1.807, 2.05) is 67.6 Å². The van der Waals surface area contributed by atoms with Crippen LogP contribution in [0, 0.1) is 5.92 Å². The molecule has 2 heterocycles. The van der Waals surface area contributed by atoms with Crippen molar-refractivity contribution in [1.82, 2.24) is 9.80 Å². The number of carbonyl (C=O) groups excluding carboxylic acids is 3. The van der Waals surface area contributed by atoms with Gasteiger partial charge in [-0.3, -0.25) is 4.79 Å². The lowest BCUT2D eigenvalue weighted by Gasteiger charge is -2.48. The van der Waals surface area contributed by atoms with E-state index in [0.717, 1.165) is 49.7 Å². The lowest BCUT2D eigenvalue weighted by Crippen LogP contribution is -2.63. The summed E-state index contributed by atoms with van der Waals surface area (Å²) >= 11 is 0. The van der Waals surface area contributed by atoms with E-state index in [9.17, 15) is 14.4 Å². The predicted molar refractivity (Wildman–Crippen MR) is 220 cm³/mol. The number of ether oxygens (including phenoxy) is 3. The zero-order chi connectivity index (χ0) is 40.0. The molecule has 0 N–H and O–H groups in total. The number of carbonyl (C=O) groups is 3. The number of nitrogens with zero attached hydrogens (tertiary/aromatic N) is 3. The maximum absolute atomic E-state index is 14.4. The van der Waals surface area contributed by atoms with Crippen LogP contribution in [0.3, 0.4) is 0 Å². The van der Waals surface area contributed by atoms with Crippen LogP contribution in [-0.2, 0) is 36.6 Å². The summed E-state index contributed by atoms with van der Waals surface area (Å²) in [5.41, 5.74) is 1.71. The fraction of sp³-hybridized carbons (Fsp3) is 0.636. The first kappa shape index (κ1) is 44.0. The Balaban J connectivity index is 1.72. The Kier molecular flexibility index (Phi) is 16.8. The average Bonchev–Trinajstić information content (AvgIpc) is 3.56. The fourth-order valence-corrected chi connectivity index (χ4v) is 8.60. The summed E-state index contributed by atoms with van der Waals surface area (Å²) in [6.07, 6.45) is 9.36. The van der Waals surface area contributed by atoms with E-state index < -0.39 is 26.6 Å². The Morgan fingerprint density at radius 2 is 1.44 bits per heavy atom. The van der Waals surface area contributed by atoms with Gasteiger partial charge in [-0.05, 0) is 61.9 Å². The fourth-order valence-electron chi connectivity index (χ4n) is 7.56. The molecule has 0 spiro atoms. The standard InChI is InChI=1S/C44H67N3O7Si/c1-9-10-11-12-13-14-21-26-37-29-38-27-28-40(39(33(2)54-34(3)48)32-53-55(7,8)44(4,5)6)46(38)41(45-42(49)51-30-35-22-17-15-18-23-35)47(37)43(50)52-31-36-24-19-16-20-25-36/h15-20,22-25,33,37-40H,9-14,21,26-32H2,1-8H3/b45-41-/t33-,37+,38-,39-,40-/m0/s1. The summed E-state index contributed by atoms with van der Waals surface area (Å²) in [6.45, 7) is 17.1. The summed E-state index contributed by atoms with van der Waals surface area (Å²) in [6, 6.07) is 18.7. The van der Waals surface area contributed by atoms with Crippen LogP contribution in [0.15, 0.2) is 65.7 Å². The number of aliphatic imine (C=N–C) groups is 1. The van der Waals surface area contributed by atoms with Crippen molar-refractivity contribution in [2.75, 3.05) is 6.61 Å². The third kappa shape index (κ3) is 12.9. The molecule has 2 fully saturated rings. The Morgan fingerprint density at radius 1 is 0.855 bits per heavy atom. The maximum atomic E-state index is 14.4. The number of fused-ring (bicyclic) bond motifs is 1. The third-order valence-electron chi connectivity index (χ3n) is 11.7. The van der Waals surface area contributed by atoms with Crippen LogP contribution in [0.2, 0.25) is 18.1 Å². The molecule has 4 rings (SSSR count). The number of hydrogen-bond acceptors (Lipinski definition) is 7. The van der Waals surface area contributed by atoms with Gasteiger partial charge in [0.15, 0.2) is 8.32 Å². The molecule has 5 atom stereocenters. The highest BCUT2D eigenvalue weighted by atomic mass is 28.4. The molecule has 2 aromatic rings. The van der Waals surface area contributed by atoms with Crippen LogP contribution < -0.4 is 0 Å². The molecular formula is C44H67N3O7Si. The zero-order valence-electron chi connectivity index (χ0n) is 34.8. The Hall–Kier alpha value is -3.70. The van der Waals surface area contributed by atoms with Gasteiger partial charge in [0, 0.05) is 37.6 Å². The monoisotopic (exact) mass is 777 g/mol. The van der Waals surface area contributed by atoms with Crippen LogP contribution >= 0.6 is 0 Å². The van der Waals surface area contributed by atoms with Crippen LogP contribution in [-0.4, -0.2) is 73.1 Å². The van der Waals surface area contributed by atoms with Crippen molar-refractivity contribution < 1.29 is 33.0 Å². The minimum absolute atomic E-state index is 0.0123. The van der Waals surface area contributed by atoms with E-state index in [1.165, 1.54) is 32.6 Å². The van der Waals surface area contributed by atoms with E-state index >= 15 is 0 Å². The second-order valence-corrected chi connectivity index (χ2v) is 21.7. The van der Waals surface area contributed by atoms with Crippen LogP contribution in [0.5, 0.6) is 0 Å². The van der Waals surface area contributed by atoms with Crippen LogP contribution in [0.4, 0.5) is 9.59 Å². The summed E-state index contributed by atoms with van der Waals surface area (Å²) in [7, 11) is -2.20. The van der Waals surface area contributed by atoms with Gasteiger partial charge in [0.1, 0.15) is 19.3 Å². The van der Waals surface area contributed by atoms with Gasteiger partial charge in [-0.2, -0.15) is 0 Å². The molecule has 2 aromatic carbocycles. The van der Waals surface area contributed by atoms with Crippen molar-refractivity contribution >= 4 is 32.4 Å². The number of guanidine groups is 1. The number of hydrogen-bond donors (Lipinski definition) is 0. The lowest BCUT2D eigenvalue weighted by molar-refractivity contribution is -0.149. The van der Waals surface area contributed by atoms with Crippen molar-refractivity contribution in [2.45, 2.75) is 168 Å². The normalized spacial score (nSPS) is 20.5. The molecule has 0 unspecified atom stereocenters. The molecule has 2 aliphatic heterocycles. The van der Waals surface area contributed by atoms with Gasteiger partial charge in [0.05, 0.1) is 0 Å². The number of benzene rings is 2. The summed E-state index contributed by atoms with van der Waals surface area (Å²) in [4.78, 5) is 48.9. The number of esters is 1. The highest BCUT2D eigenvalue weighted by Gasteiger charge is 2.51. The van der Waals surface area contributed by atoms with Gasteiger partial charge < -0.3 is 23.5 Å². The van der Waals surface area contributed by atoms with Crippen LogP contribution in [0.25, 0.3) is 0 Å². The topological polar surface area (TPSA) is 107 Å². The molecule has 0 aliphatic carbocycles. The molecule has 2 aliphatic rings. The number of amides is 2. The molecule has 0 aromatic heterocycles. The predicted octanol–water partition coefficient (Wildman–Crippen LogP) is 10.7. The molecule has 2 saturated heterocycles. The maximum Gasteiger partial charge on any atom is 0.437 e. The van der Waals surface area contributed by atoms with Crippen molar-refractivity contribution in [2.24, 2.45) is 10.9 Å². The minimum atomic E-state index is -2.20. The van der Waals surface area contributed by atoms with Crippen LogP contribution in [0.1, 0.15) is 123 Å². The Labute approximate surface area is 331 Å². The molecule has 10 nitrogen and oxygen atoms in total. The summed E-state index contributed by atoms with van der Waals surface area (Å²) in [5, 5.41) is -0.0246. The molecular weight excluding hydrogens is 711 g/mol. The van der Waals surface area contributed by atoms with Crippen molar-refractivity contribution in [3.05, 3.63) is 71.8 Å². The van der Waals surface area contributed by atoms with E-state index in [-0.39, 0.29) is 54.2 Å². The molecule has 304 valence electrons. The number of unbranched alkanes of at least 4 members (excludes halogenated alkanes) is 6. The minimum Gasteiger partial charge on any atom is -0.462 e. The average molecular weight is 778 g/mol. The van der Waals surface area contributed by atoms with E-state index in [0.29, 0.717) is 13.0 Å². The highest BCUT2D eigenvalue weighted by molar-refractivity contribution is 6.74. The summed E-state index contributed by atoms with van der Waals surface area (Å²) < 4.78 is 24.4. The Morgan fingerprint density at radius 3 is 2.02 bits per heavy atom. The molecule has 2 amide bonds. The summed E-state index contributed by atoms with van der Waals surface area (Å²) in [5.74, 6) is -0.372. The molecule has 55 heavy (non-hydrogen) atoms. The second kappa shape index (κ2) is 21.0. The van der Waals surface area contributed by atoms with E-state index in [1.54, 1.807) is 4.90 Å². The molecule has 0 radical (unpaired) electrons. The third-order valence-corrected chi connectivity index (χ3v) is 16.2. The van der Waals surface area contributed by atoms with Gasteiger partial charge >= 0.3 is 18.2 Å². The highest BCUT2D eigenvalue weighted by Crippen LogP contribution is 2.42. The van der Waals surface area contributed by atoms with Gasteiger partial charge in [-0.15, -0.1) is 4.99 Å². The number of rotatable bonds is 18. The van der Waals surface area contributed by atoms with Gasteiger partial charge in [-0.25, -0.2) is 14.5 Å². The first-order valence-corrected chi connectivity index (χ1v) is 23.5. The first-order valence-electron chi connectivity index (χ1n) is 20.6. The quantitative estimate of drug-likeness (QED) is 0.0637. The lowest BCUT2D eigenvalue weighted by atomic mass is 9.93. The molecule has 0 saturated carbocycles. The van der Waals surface area contributed by atoms with E-state index in [2.05, 4.69) is 50.7 Å². The van der Waals surface area contributed by atoms with Gasteiger partial charge in [-0.1, -0.05) is 133 Å². The van der Waals surface area contributed by atoms with E-state index in [4.69, 9.17) is 18.6 Å².